The van der Waals surface area contributed by atoms with E-state index < -0.39 is 23.8 Å². The Morgan fingerprint density at radius 3 is 2.57 bits per heavy atom. The lowest BCUT2D eigenvalue weighted by molar-refractivity contribution is -0.123. The fourth-order valence-electron chi connectivity index (χ4n) is 1.77. The summed E-state index contributed by atoms with van der Waals surface area (Å²) in [6.07, 6.45) is -1.04. The molecule has 0 bridgehead atoms. The van der Waals surface area contributed by atoms with Crippen molar-refractivity contribution in [2.24, 2.45) is 0 Å². The summed E-state index contributed by atoms with van der Waals surface area (Å²) < 4.78 is 17.9. The Kier molecular flexibility index (Phi) is 5.05. The molecule has 0 radical (unpaired) electrons. The van der Waals surface area contributed by atoms with E-state index in [1.807, 2.05) is 6.07 Å². The van der Waals surface area contributed by atoms with Crippen LogP contribution in [0.25, 0.3) is 0 Å². The molecule has 0 saturated heterocycles. The van der Waals surface area contributed by atoms with Crippen molar-refractivity contribution in [1.29, 1.82) is 5.26 Å². The number of nitriles is 1. The Morgan fingerprint density at radius 1 is 1.22 bits per heavy atom. The second-order valence-electron chi connectivity index (χ2n) is 4.74. The maximum absolute atomic E-state index is 12.8. The molecule has 0 aliphatic heterocycles. The molecule has 0 spiro atoms. The summed E-state index contributed by atoms with van der Waals surface area (Å²) in [5.74, 6) is -1.66. The third-order valence-electron chi connectivity index (χ3n) is 2.99. The van der Waals surface area contributed by atoms with E-state index in [0.29, 0.717) is 11.3 Å². The minimum Gasteiger partial charge on any atom is -0.449 e. The van der Waals surface area contributed by atoms with Crippen LogP contribution in [0.3, 0.4) is 0 Å². The summed E-state index contributed by atoms with van der Waals surface area (Å²) >= 11 is 0. The van der Waals surface area contributed by atoms with Gasteiger partial charge in [0.2, 0.25) is 0 Å². The number of esters is 1. The molecule has 2 aromatic rings. The van der Waals surface area contributed by atoms with Gasteiger partial charge in [0, 0.05) is 5.69 Å². The number of hydrogen-bond acceptors (Lipinski definition) is 4. The molecule has 0 fully saturated rings. The Labute approximate surface area is 132 Å². The molecule has 0 aliphatic carbocycles. The van der Waals surface area contributed by atoms with Crippen LogP contribution in [0.5, 0.6) is 0 Å². The number of rotatable bonds is 4. The minimum absolute atomic E-state index is 0.186. The van der Waals surface area contributed by atoms with Crippen LogP contribution in [0.1, 0.15) is 22.8 Å². The summed E-state index contributed by atoms with van der Waals surface area (Å²) in [6, 6.07) is 13.1. The molecule has 116 valence electrons. The van der Waals surface area contributed by atoms with Gasteiger partial charge in [0.15, 0.2) is 6.10 Å². The highest BCUT2D eigenvalue weighted by molar-refractivity contribution is 5.97. The van der Waals surface area contributed by atoms with Crippen molar-refractivity contribution in [3.63, 3.8) is 0 Å². The van der Waals surface area contributed by atoms with Crippen molar-refractivity contribution in [3.05, 3.63) is 65.5 Å². The average molecular weight is 312 g/mol. The summed E-state index contributed by atoms with van der Waals surface area (Å²) in [5, 5.41) is 11.3. The van der Waals surface area contributed by atoms with Crippen molar-refractivity contribution >= 4 is 17.6 Å². The molecular weight excluding hydrogens is 299 g/mol. The first kappa shape index (κ1) is 16.2. The van der Waals surface area contributed by atoms with Gasteiger partial charge in [-0.3, -0.25) is 4.79 Å². The molecule has 6 heteroatoms. The zero-order valence-corrected chi connectivity index (χ0v) is 12.2. The highest BCUT2D eigenvalue weighted by Gasteiger charge is 2.19. The monoisotopic (exact) mass is 312 g/mol. The topological polar surface area (TPSA) is 79.2 Å². The zero-order chi connectivity index (χ0) is 16.8. The Morgan fingerprint density at radius 2 is 1.91 bits per heavy atom. The third-order valence-corrected chi connectivity index (χ3v) is 2.99. The van der Waals surface area contributed by atoms with Crippen LogP contribution in [0.4, 0.5) is 10.1 Å². The van der Waals surface area contributed by atoms with Crippen LogP contribution in [-0.4, -0.2) is 18.0 Å². The maximum atomic E-state index is 12.8. The van der Waals surface area contributed by atoms with Gasteiger partial charge in [0.25, 0.3) is 5.91 Å². The van der Waals surface area contributed by atoms with E-state index in [1.54, 1.807) is 12.1 Å². The molecule has 0 aromatic heterocycles. The highest BCUT2D eigenvalue weighted by Crippen LogP contribution is 2.11. The molecule has 23 heavy (non-hydrogen) atoms. The Balaban J connectivity index is 1.98. The highest BCUT2D eigenvalue weighted by atomic mass is 19.1. The summed E-state index contributed by atoms with van der Waals surface area (Å²) in [4.78, 5) is 23.9. The van der Waals surface area contributed by atoms with Gasteiger partial charge in [0.1, 0.15) is 5.82 Å². The van der Waals surface area contributed by atoms with Gasteiger partial charge in [-0.2, -0.15) is 5.26 Å². The van der Waals surface area contributed by atoms with Crippen molar-refractivity contribution in [2.75, 3.05) is 5.32 Å². The van der Waals surface area contributed by atoms with Gasteiger partial charge >= 0.3 is 5.97 Å². The molecule has 2 aromatic carbocycles. The van der Waals surface area contributed by atoms with Gasteiger partial charge < -0.3 is 10.1 Å². The average Bonchev–Trinajstić information content (AvgIpc) is 2.56. The first-order valence-corrected chi connectivity index (χ1v) is 6.77. The van der Waals surface area contributed by atoms with Crippen LogP contribution >= 0.6 is 0 Å². The number of benzene rings is 2. The van der Waals surface area contributed by atoms with E-state index in [1.165, 1.54) is 43.3 Å². The molecule has 5 nitrogen and oxygen atoms in total. The summed E-state index contributed by atoms with van der Waals surface area (Å²) in [5.41, 5.74) is 0.902. The van der Waals surface area contributed by atoms with E-state index in [4.69, 9.17) is 10.00 Å². The summed E-state index contributed by atoms with van der Waals surface area (Å²) in [6.45, 7) is 1.42. The molecule has 1 atom stereocenters. The third kappa shape index (κ3) is 4.38. The first-order chi connectivity index (χ1) is 11.0. The van der Waals surface area contributed by atoms with Crippen LogP contribution in [0.2, 0.25) is 0 Å². The predicted molar refractivity (Wildman–Crippen MR) is 81.1 cm³/mol. The standard InChI is InChI=1S/C17H13FN2O3/c1-11(16(21)20-15-7-5-14(18)6-8-15)23-17(22)13-4-2-3-12(9-13)10-19/h2-9,11H,1H3,(H,20,21)/t11-/m1/s1. The maximum Gasteiger partial charge on any atom is 0.338 e. The minimum atomic E-state index is -1.04. The van der Waals surface area contributed by atoms with Crippen LogP contribution in [0.15, 0.2) is 48.5 Å². The Bertz CT molecular complexity index is 766. The molecular formula is C17H13FN2O3. The summed E-state index contributed by atoms with van der Waals surface area (Å²) in [7, 11) is 0. The SMILES string of the molecule is C[C@@H](OC(=O)c1cccc(C#N)c1)C(=O)Nc1ccc(F)cc1. The second-order valence-corrected chi connectivity index (χ2v) is 4.74. The van der Waals surface area contributed by atoms with Crippen LogP contribution in [0, 0.1) is 17.1 Å². The zero-order valence-electron chi connectivity index (χ0n) is 12.2. The van der Waals surface area contributed by atoms with Gasteiger partial charge in [0.05, 0.1) is 17.2 Å². The number of carbonyl (C=O) groups is 2. The smallest absolute Gasteiger partial charge is 0.338 e. The Hall–Kier alpha value is -3.20. The number of ether oxygens (including phenoxy) is 1. The van der Waals surface area contributed by atoms with Gasteiger partial charge in [-0.25, -0.2) is 9.18 Å². The number of halogens is 1. The largest absolute Gasteiger partial charge is 0.449 e. The number of nitrogens with zero attached hydrogens (tertiary/aromatic N) is 1. The number of hydrogen-bond donors (Lipinski definition) is 1. The van der Waals surface area contributed by atoms with Gasteiger partial charge in [-0.1, -0.05) is 6.07 Å². The first-order valence-electron chi connectivity index (χ1n) is 6.77. The molecule has 0 unspecified atom stereocenters. The molecule has 1 N–H and O–H groups in total. The number of carbonyl (C=O) groups excluding carboxylic acids is 2. The number of nitrogens with one attached hydrogen (secondary N) is 1. The van der Waals surface area contributed by atoms with Crippen molar-refractivity contribution in [2.45, 2.75) is 13.0 Å². The normalized spacial score (nSPS) is 11.2. The fraction of sp³-hybridized carbons (Fsp3) is 0.118. The fourth-order valence-corrected chi connectivity index (χ4v) is 1.77. The second kappa shape index (κ2) is 7.18. The van der Waals surface area contributed by atoms with E-state index >= 15 is 0 Å². The number of anilines is 1. The molecule has 1 amide bonds. The van der Waals surface area contributed by atoms with Crippen molar-refractivity contribution in [1.82, 2.24) is 0 Å². The van der Waals surface area contributed by atoms with Gasteiger partial charge in [-0.15, -0.1) is 0 Å². The van der Waals surface area contributed by atoms with Crippen molar-refractivity contribution in [3.8, 4) is 6.07 Å². The lowest BCUT2D eigenvalue weighted by Crippen LogP contribution is -2.30. The quantitative estimate of drug-likeness (QED) is 0.880. The van der Waals surface area contributed by atoms with E-state index in [9.17, 15) is 14.0 Å². The molecule has 0 saturated carbocycles. The van der Waals surface area contributed by atoms with Crippen LogP contribution in [-0.2, 0) is 9.53 Å². The molecule has 0 heterocycles. The van der Waals surface area contributed by atoms with E-state index in [-0.39, 0.29) is 5.56 Å². The van der Waals surface area contributed by atoms with Crippen LogP contribution < -0.4 is 5.32 Å². The van der Waals surface area contributed by atoms with Crippen molar-refractivity contribution < 1.29 is 18.7 Å². The van der Waals surface area contributed by atoms with E-state index in [2.05, 4.69) is 5.32 Å². The van der Waals surface area contributed by atoms with E-state index in [0.717, 1.165) is 0 Å². The molecule has 0 aliphatic rings. The van der Waals surface area contributed by atoms with Gasteiger partial charge in [-0.05, 0) is 49.4 Å². The molecule has 2 rings (SSSR count). The lowest BCUT2D eigenvalue weighted by atomic mass is 10.1. The number of amides is 1. The predicted octanol–water partition coefficient (Wildman–Crippen LogP) is 2.88. The lowest BCUT2D eigenvalue weighted by Gasteiger charge is -2.13.